The van der Waals surface area contributed by atoms with Gasteiger partial charge in [0.15, 0.2) is 0 Å². The average molecular weight is 423 g/mol. The lowest BCUT2D eigenvalue weighted by atomic mass is 10.1. The molecule has 31 heavy (non-hydrogen) atoms. The molecule has 0 bridgehead atoms. The van der Waals surface area contributed by atoms with E-state index in [1.165, 1.54) is 0 Å². The van der Waals surface area contributed by atoms with Crippen LogP contribution in [0.15, 0.2) is 48.5 Å². The van der Waals surface area contributed by atoms with Gasteiger partial charge in [0, 0.05) is 24.3 Å². The van der Waals surface area contributed by atoms with Gasteiger partial charge in [0.2, 0.25) is 11.8 Å². The van der Waals surface area contributed by atoms with Gasteiger partial charge < -0.3 is 15.0 Å². The average Bonchev–Trinajstić information content (AvgIpc) is 3.18. The van der Waals surface area contributed by atoms with E-state index in [2.05, 4.69) is 12.2 Å². The van der Waals surface area contributed by atoms with Crippen molar-refractivity contribution in [1.29, 1.82) is 0 Å². The van der Waals surface area contributed by atoms with Gasteiger partial charge in [-0.15, -0.1) is 0 Å². The monoisotopic (exact) mass is 422 g/mol. The quantitative estimate of drug-likeness (QED) is 0.474. The zero-order valence-electron chi connectivity index (χ0n) is 18.2. The van der Waals surface area contributed by atoms with Gasteiger partial charge in [-0.2, -0.15) is 0 Å². The highest BCUT2D eigenvalue weighted by Gasteiger charge is 2.35. The first-order valence-corrected chi connectivity index (χ1v) is 11.0. The van der Waals surface area contributed by atoms with Gasteiger partial charge in [0.05, 0.1) is 18.1 Å². The fraction of sp³-hybridized carbons (Fsp3) is 0.400. The molecule has 6 heteroatoms. The summed E-state index contributed by atoms with van der Waals surface area (Å²) in [5.41, 5.74) is 3.02. The number of carbonyl (C=O) groups is 3. The van der Waals surface area contributed by atoms with Gasteiger partial charge in [0.1, 0.15) is 0 Å². The number of nitrogens with zero attached hydrogens (tertiary/aromatic N) is 1. The van der Waals surface area contributed by atoms with Crippen LogP contribution in [0.2, 0.25) is 0 Å². The van der Waals surface area contributed by atoms with Crippen molar-refractivity contribution in [2.75, 3.05) is 23.4 Å². The normalized spacial score (nSPS) is 15.7. The van der Waals surface area contributed by atoms with E-state index in [4.69, 9.17) is 4.74 Å². The second-order valence-corrected chi connectivity index (χ2v) is 7.80. The second-order valence-electron chi connectivity index (χ2n) is 7.80. The van der Waals surface area contributed by atoms with E-state index in [0.717, 1.165) is 36.9 Å². The molecule has 0 saturated carbocycles. The first-order valence-electron chi connectivity index (χ1n) is 11.0. The first kappa shape index (κ1) is 22.5. The minimum absolute atomic E-state index is 0.0396. The molecule has 0 aromatic heterocycles. The van der Waals surface area contributed by atoms with Crippen molar-refractivity contribution in [3.63, 3.8) is 0 Å². The van der Waals surface area contributed by atoms with E-state index in [1.54, 1.807) is 29.2 Å². The molecular weight excluding hydrogens is 392 g/mol. The molecule has 2 amide bonds. The van der Waals surface area contributed by atoms with E-state index in [1.807, 2.05) is 31.2 Å². The van der Waals surface area contributed by atoms with Crippen LogP contribution in [0.25, 0.3) is 0 Å². The summed E-state index contributed by atoms with van der Waals surface area (Å²) in [6, 6.07) is 14.4. The summed E-state index contributed by atoms with van der Waals surface area (Å²) in [6.07, 6.45) is 3.97. The van der Waals surface area contributed by atoms with Crippen LogP contribution in [-0.2, 0) is 20.7 Å². The lowest BCUT2D eigenvalue weighted by molar-refractivity contribution is -0.122. The number of hydrogen-bond acceptors (Lipinski definition) is 4. The van der Waals surface area contributed by atoms with E-state index in [-0.39, 0.29) is 24.2 Å². The van der Waals surface area contributed by atoms with Crippen LogP contribution in [0.1, 0.15) is 55.5 Å². The smallest absolute Gasteiger partial charge is 0.338 e. The maximum absolute atomic E-state index is 12.7. The van der Waals surface area contributed by atoms with Gasteiger partial charge in [0.25, 0.3) is 0 Å². The molecule has 1 aliphatic heterocycles. The van der Waals surface area contributed by atoms with E-state index in [9.17, 15) is 14.4 Å². The number of hydrogen-bond donors (Lipinski definition) is 1. The molecule has 2 aromatic rings. The van der Waals surface area contributed by atoms with Gasteiger partial charge in [-0.3, -0.25) is 9.59 Å². The van der Waals surface area contributed by atoms with Crippen molar-refractivity contribution in [2.24, 2.45) is 5.92 Å². The molecule has 164 valence electrons. The number of ether oxygens (including phenoxy) is 1. The zero-order valence-corrected chi connectivity index (χ0v) is 18.2. The largest absolute Gasteiger partial charge is 0.462 e. The molecule has 0 spiro atoms. The number of anilines is 2. The van der Waals surface area contributed by atoms with Crippen molar-refractivity contribution >= 4 is 29.2 Å². The fourth-order valence-corrected chi connectivity index (χ4v) is 3.72. The highest BCUT2D eigenvalue weighted by molar-refractivity contribution is 6.04. The predicted octanol–water partition coefficient (Wildman–Crippen LogP) is 4.59. The molecule has 1 saturated heterocycles. The summed E-state index contributed by atoms with van der Waals surface area (Å²) < 4.78 is 5.25. The van der Waals surface area contributed by atoms with Crippen LogP contribution in [0.5, 0.6) is 0 Å². The Kier molecular flexibility index (Phi) is 7.82. The van der Waals surface area contributed by atoms with Crippen molar-refractivity contribution in [2.45, 2.75) is 46.0 Å². The number of esters is 1. The Morgan fingerprint density at radius 2 is 1.81 bits per heavy atom. The summed E-state index contributed by atoms with van der Waals surface area (Å²) in [5.74, 6) is -1.01. The van der Waals surface area contributed by atoms with Crippen LogP contribution in [-0.4, -0.2) is 30.9 Å². The summed E-state index contributed by atoms with van der Waals surface area (Å²) in [5, 5.41) is 2.86. The third kappa shape index (κ3) is 5.72. The molecule has 1 heterocycles. The molecule has 0 unspecified atom stereocenters. The Balaban J connectivity index is 1.57. The van der Waals surface area contributed by atoms with Crippen molar-refractivity contribution in [3.05, 3.63) is 59.7 Å². The number of benzene rings is 2. The summed E-state index contributed by atoms with van der Waals surface area (Å²) in [6.45, 7) is 4.93. The molecule has 0 radical (unpaired) electrons. The second kappa shape index (κ2) is 10.8. The molecule has 1 aliphatic rings. The lowest BCUT2D eigenvalue weighted by Crippen LogP contribution is -2.28. The third-order valence-corrected chi connectivity index (χ3v) is 5.53. The lowest BCUT2D eigenvalue weighted by Gasteiger charge is -2.20. The van der Waals surface area contributed by atoms with Gasteiger partial charge in [-0.05, 0) is 48.7 Å². The van der Waals surface area contributed by atoms with Crippen LogP contribution >= 0.6 is 0 Å². The summed E-state index contributed by atoms with van der Waals surface area (Å²) in [7, 11) is 0. The fourth-order valence-electron chi connectivity index (χ4n) is 3.72. The maximum Gasteiger partial charge on any atom is 0.338 e. The molecule has 1 atom stereocenters. The standard InChI is InChI=1S/C25H30N2O4/c1-3-5-8-15-31-25(30)19-11-13-21(14-12-19)26-24(29)20-16-23(28)27(17-20)22-10-7-6-9-18(22)4-2/h6-7,9-14,20H,3-5,8,15-17H2,1-2H3,(H,26,29)/t20-/m0/s1. The molecule has 0 aliphatic carbocycles. The highest BCUT2D eigenvalue weighted by atomic mass is 16.5. The maximum atomic E-state index is 12.7. The van der Waals surface area contributed by atoms with Crippen molar-refractivity contribution in [1.82, 2.24) is 0 Å². The highest BCUT2D eigenvalue weighted by Crippen LogP contribution is 2.29. The third-order valence-electron chi connectivity index (χ3n) is 5.53. The Bertz CT molecular complexity index is 923. The van der Waals surface area contributed by atoms with Crippen LogP contribution in [0.3, 0.4) is 0 Å². The van der Waals surface area contributed by atoms with Crippen molar-refractivity contribution < 1.29 is 19.1 Å². The zero-order chi connectivity index (χ0) is 22.2. The molecule has 6 nitrogen and oxygen atoms in total. The van der Waals surface area contributed by atoms with Gasteiger partial charge in [-0.1, -0.05) is 44.9 Å². The number of amides is 2. The number of unbranched alkanes of at least 4 members (excludes halogenated alkanes) is 2. The number of para-hydroxylation sites is 1. The Hall–Kier alpha value is -3.15. The van der Waals surface area contributed by atoms with E-state index >= 15 is 0 Å². The summed E-state index contributed by atoms with van der Waals surface area (Å²) >= 11 is 0. The molecule has 2 aromatic carbocycles. The van der Waals surface area contributed by atoms with Crippen LogP contribution in [0, 0.1) is 5.92 Å². The van der Waals surface area contributed by atoms with Crippen LogP contribution in [0.4, 0.5) is 11.4 Å². The van der Waals surface area contributed by atoms with E-state index in [0.29, 0.717) is 24.4 Å². The Morgan fingerprint density at radius 3 is 2.52 bits per heavy atom. The van der Waals surface area contributed by atoms with E-state index < -0.39 is 5.92 Å². The predicted molar refractivity (Wildman–Crippen MR) is 121 cm³/mol. The minimum atomic E-state index is -0.416. The van der Waals surface area contributed by atoms with Gasteiger partial charge in [-0.25, -0.2) is 4.79 Å². The van der Waals surface area contributed by atoms with Crippen molar-refractivity contribution in [3.8, 4) is 0 Å². The number of nitrogens with one attached hydrogen (secondary N) is 1. The topological polar surface area (TPSA) is 75.7 Å². The summed E-state index contributed by atoms with van der Waals surface area (Å²) in [4.78, 5) is 39.0. The van der Waals surface area contributed by atoms with Gasteiger partial charge >= 0.3 is 5.97 Å². The number of carbonyl (C=O) groups excluding carboxylic acids is 3. The molecule has 1 N–H and O–H groups in total. The minimum Gasteiger partial charge on any atom is -0.462 e. The van der Waals surface area contributed by atoms with Crippen LogP contribution < -0.4 is 10.2 Å². The first-order chi connectivity index (χ1) is 15.0. The number of aryl methyl sites for hydroxylation is 1. The SMILES string of the molecule is CCCCCOC(=O)c1ccc(NC(=O)[C@H]2CC(=O)N(c3ccccc3CC)C2)cc1. The number of rotatable bonds is 9. The molecular formula is C25H30N2O4. The molecule has 3 rings (SSSR count). The molecule has 1 fully saturated rings. The Labute approximate surface area is 183 Å². The Morgan fingerprint density at radius 1 is 1.06 bits per heavy atom.